The van der Waals surface area contributed by atoms with Gasteiger partial charge in [0.2, 0.25) is 0 Å². The molecule has 1 aliphatic rings. The number of guanidine groups is 1. The fraction of sp³-hybridized carbons (Fsp3) is 0.364. The van der Waals surface area contributed by atoms with Gasteiger partial charge in [0.1, 0.15) is 5.82 Å². The van der Waals surface area contributed by atoms with Crippen LogP contribution in [0.15, 0.2) is 53.5 Å². The second-order valence-electron chi connectivity index (χ2n) is 7.02. The molecule has 0 atom stereocenters. The maximum atomic E-state index is 13.9. The minimum atomic E-state index is -0.323. The van der Waals surface area contributed by atoms with Gasteiger partial charge in [0.05, 0.1) is 11.6 Å². The topological polar surface area (TPSA) is 63.5 Å². The first kappa shape index (κ1) is 23.1. The van der Waals surface area contributed by atoms with E-state index in [0.717, 1.165) is 32.5 Å². The zero-order chi connectivity index (χ0) is 19.8. The summed E-state index contributed by atoms with van der Waals surface area (Å²) in [5, 5.41) is 15.6. The van der Waals surface area contributed by atoms with Crippen molar-refractivity contribution in [1.29, 1.82) is 5.26 Å². The molecule has 1 saturated heterocycles. The third-order valence-electron chi connectivity index (χ3n) is 5.02. The molecule has 3 rings (SSSR count). The van der Waals surface area contributed by atoms with Crippen molar-refractivity contribution < 1.29 is 4.39 Å². The lowest BCUT2D eigenvalue weighted by Crippen LogP contribution is -2.48. The Labute approximate surface area is 189 Å². The lowest BCUT2D eigenvalue weighted by Gasteiger charge is -2.33. The van der Waals surface area contributed by atoms with E-state index in [1.54, 1.807) is 13.1 Å². The van der Waals surface area contributed by atoms with E-state index in [0.29, 0.717) is 23.1 Å². The van der Waals surface area contributed by atoms with Crippen molar-refractivity contribution >= 4 is 29.9 Å². The summed E-state index contributed by atoms with van der Waals surface area (Å²) in [5.41, 5.74) is 2.25. The van der Waals surface area contributed by atoms with E-state index in [1.165, 1.54) is 17.7 Å². The van der Waals surface area contributed by atoms with Gasteiger partial charge in [0.15, 0.2) is 5.96 Å². The summed E-state index contributed by atoms with van der Waals surface area (Å²) >= 11 is 0. The van der Waals surface area contributed by atoms with Gasteiger partial charge in [0.25, 0.3) is 0 Å². The minimum absolute atomic E-state index is 0. The number of nitrogens with one attached hydrogen (secondary N) is 2. The molecule has 2 aromatic rings. The molecule has 0 saturated carbocycles. The summed E-state index contributed by atoms with van der Waals surface area (Å²) in [6, 6.07) is 17.3. The van der Waals surface area contributed by atoms with Crippen LogP contribution in [0.25, 0.3) is 0 Å². The molecule has 0 aromatic heterocycles. The molecule has 0 bridgehead atoms. The van der Waals surface area contributed by atoms with Gasteiger partial charge in [0, 0.05) is 44.8 Å². The van der Waals surface area contributed by atoms with Gasteiger partial charge in [-0.05, 0) is 36.6 Å². The van der Waals surface area contributed by atoms with Gasteiger partial charge >= 0.3 is 0 Å². The van der Waals surface area contributed by atoms with Crippen molar-refractivity contribution in [3.63, 3.8) is 0 Å². The van der Waals surface area contributed by atoms with Gasteiger partial charge in [-0.25, -0.2) is 4.39 Å². The Balaban J connectivity index is 0.00000300. The molecule has 29 heavy (non-hydrogen) atoms. The Morgan fingerprint density at radius 2 is 1.93 bits per heavy atom. The molecule has 0 spiro atoms. The quantitative estimate of drug-likeness (QED) is 0.369. The summed E-state index contributed by atoms with van der Waals surface area (Å²) in [6.07, 6.45) is 2.07. The van der Waals surface area contributed by atoms with Crippen molar-refractivity contribution in [2.75, 3.05) is 20.1 Å². The number of nitriles is 1. The first-order chi connectivity index (χ1) is 13.7. The highest BCUT2D eigenvalue weighted by Gasteiger charge is 2.20. The molecule has 1 aliphatic heterocycles. The fourth-order valence-electron chi connectivity index (χ4n) is 3.42. The van der Waals surface area contributed by atoms with Crippen LogP contribution in [0.4, 0.5) is 4.39 Å². The van der Waals surface area contributed by atoms with Crippen LogP contribution >= 0.6 is 24.0 Å². The zero-order valence-electron chi connectivity index (χ0n) is 16.6. The maximum Gasteiger partial charge on any atom is 0.191 e. The highest BCUT2D eigenvalue weighted by molar-refractivity contribution is 14.0. The average Bonchev–Trinajstić information content (AvgIpc) is 2.74. The van der Waals surface area contributed by atoms with E-state index in [9.17, 15) is 4.39 Å². The van der Waals surface area contributed by atoms with Crippen molar-refractivity contribution in [1.82, 2.24) is 15.5 Å². The summed E-state index contributed by atoms with van der Waals surface area (Å²) < 4.78 is 13.9. The monoisotopic (exact) mass is 507 g/mol. The zero-order valence-corrected chi connectivity index (χ0v) is 18.9. The number of hydrogen-bond donors (Lipinski definition) is 2. The van der Waals surface area contributed by atoms with E-state index in [2.05, 4.69) is 44.8 Å². The normalized spacial score (nSPS) is 15.3. The van der Waals surface area contributed by atoms with Crippen molar-refractivity contribution in [2.45, 2.75) is 32.0 Å². The van der Waals surface area contributed by atoms with E-state index < -0.39 is 0 Å². The van der Waals surface area contributed by atoms with Crippen LogP contribution in [0.2, 0.25) is 0 Å². The summed E-state index contributed by atoms with van der Waals surface area (Å²) in [6.45, 7) is 3.33. The highest BCUT2D eigenvalue weighted by atomic mass is 127. The molecule has 154 valence electrons. The second kappa shape index (κ2) is 11.7. The Hall–Kier alpha value is -2.18. The van der Waals surface area contributed by atoms with Gasteiger partial charge in [-0.1, -0.05) is 30.3 Å². The smallest absolute Gasteiger partial charge is 0.191 e. The number of halogens is 2. The van der Waals surface area contributed by atoms with Crippen LogP contribution in [0.5, 0.6) is 0 Å². The molecule has 5 nitrogen and oxygen atoms in total. The average molecular weight is 507 g/mol. The summed E-state index contributed by atoms with van der Waals surface area (Å²) in [4.78, 5) is 6.71. The lowest BCUT2D eigenvalue weighted by atomic mass is 10.0. The molecule has 7 heteroatoms. The molecule has 1 fully saturated rings. The van der Waals surface area contributed by atoms with Gasteiger partial charge in [-0.3, -0.25) is 9.89 Å². The SMILES string of the molecule is CN=C(NCc1cc(C#N)ccc1F)NC1CCN(Cc2ccccc2)CC1.I. The van der Waals surface area contributed by atoms with Gasteiger partial charge < -0.3 is 10.6 Å². The predicted octanol–water partition coefficient (Wildman–Crippen LogP) is 3.64. The first-order valence-corrected chi connectivity index (χ1v) is 9.60. The molecule has 1 heterocycles. The number of benzene rings is 2. The van der Waals surface area contributed by atoms with Crippen LogP contribution in [0, 0.1) is 17.1 Å². The Morgan fingerprint density at radius 1 is 1.21 bits per heavy atom. The number of aliphatic imine (C=N–C) groups is 1. The van der Waals surface area contributed by atoms with E-state index in [4.69, 9.17) is 5.26 Å². The highest BCUT2D eigenvalue weighted by Crippen LogP contribution is 2.14. The Kier molecular flexibility index (Phi) is 9.35. The van der Waals surface area contributed by atoms with Crippen molar-refractivity contribution in [3.05, 3.63) is 71.0 Å². The molecule has 2 aromatic carbocycles. The third kappa shape index (κ3) is 6.98. The maximum absolute atomic E-state index is 13.9. The van der Waals surface area contributed by atoms with Gasteiger partial charge in [-0.15, -0.1) is 24.0 Å². The number of rotatable bonds is 5. The van der Waals surface area contributed by atoms with E-state index in [1.807, 2.05) is 12.1 Å². The molecular weight excluding hydrogens is 480 g/mol. The van der Waals surface area contributed by atoms with Crippen molar-refractivity contribution in [3.8, 4) is 6.07 Å². The Bertz CT molecular complexity index is 842. The predicted molar refractivity (Wildman–Crippen MR) is 125 cm³/mol. The summed E-state index contributed by atoms with van der Waals surface area (Å²) in [5.74, 6) is 0.333. The number of piperidine rings is 1. The van der Waals surface area contributed by atoms with Crippen LogP contribution in [-0.2, 0) is 13.1 Å². The van der Waals surface area contributed by atoms with E-state index in [-0.39, 0.29) is 36.3 Å². The largest absolute Gasteiger partial charge is 0.354 e. The van der Waals surface area contributed by atoms with Crippen LogP contribution in [-0.4, -0.2) is 37.0 Å². The molecule has 0 radical (unpaired) electrons. The second-order valence-corrected chi connectivity index (χ2v) is 7.02. The molecule has 0 aliphatic carbocycles. The van der Waals surface area contributed by atoms with Crippen molar-refractivity contribution in [2.24, 2.45) is 4.99 Å². The number of hydrogen-bond acceptors (Lipinski definition) is 3. The fourth-order valence-corrected chi connectivity index (χ4v) is 3.42. The number of nitrogens with zero attached hydrogens (tertiary/aromatic N) is 3. The molecular formula is C22H27FIN5. The minimum Gasteiger partial charge on any atom is -0.354 e. The number of likely N-dealkylation sites (tertiary alicyclic amines) is 1. The van der Waals surface area contributed by atoms with Crippen LogP contribution in [0.3, 0.4) is 0 Å². The first-order valence-electron chi connectivity index (χ1n) is 9.60. The third-order valence-corrected chi connectivity index (χ3v) is 5.02. The molecule has 2 N–H and O–H groups in total. The standard InChI is InChI=1S/C22H26FN5.HI/c1-25-22(26-15-19-13-18(14-24)7-8-21(19)23)27-20-9-11-28(12-10-20)16-17-5-3-2-4-6-17;/h2-8,13,20H,9-12,15-16H2,1H3,(H2,25,26,27);1H. The summed E-state index contributed by atoms with van der Waals surface area (Å²) in [7, 11) is 1.71. The van der Waals surface area contributed by atoms with Crippen LogP contribution < -0.4 is 10.6 Å². The molecule has 0 unspecified atom stereocenters. The van der Waals surface area contributed by atoms with Crippen LogP contribution in [0.1, 0.15) is 29.5 Å². The van der Waals surface area contributed by atoms with Gasteiger partial charge in [-0.2, -0.15) is 5.26 Å². The Morgan fingerprint density at radius 3 is 2.59 bits per heavy atom. The lowest BCUT2D eigenvalue weighted by molar-refractivity contribution is 0.198. The van der Waals surface area contributed by atoms with E-state index >= 15 is 0 Å². The molecule has 0 amide bonds.